The van der Waals surface area contributed by atoms with Gasteiger partial charge in [0.25, 0.3) is 0 Å². The smallest absolute Gasteiger partial charge is 0.370 e. The first-order chi connectivity index (χ1) is 11.4. The molecule has 1 aromatic rings. The summed E-state index contributed by atoms with van der Waals surface area (Å²) < 4.78 is 58.0. The van der Waals surface area contributed by atoms with Gasteiger partial charge in [0.05, 0.1) is 0 Å². The van der Waals surface area contributed by atoms with Crippen LogP contribution in [0.3, 0.4) is 0 Å². The fourth-order valence-electron chi connectivity index (χ4n) is 3.88. The zero-order valence-electron chi connectivity index (χ0n) is 14.5. The molecule has 0 saturated carbocycles. The summed E-state index contributed by atoms with van der Waals surface area (Å²) in [4.78, 5) is 0. The van der Waals surface area contributed by atoms with E-state index in [0.717, 1.165) is 25.3 Å². The van der Waals surface area contributed by atoms with Crippen molar-refractivity contribution in [3.63, 3.8) is 0 Å². The Morgan fingerprint density at radius 1 is 1.04 bits per heavy atom. The molecule has 1 saturated heterocycles. The zero-order valence-corrected chi connectivity index (χ0v) is 15.5. The maximum atomic E-state index is 13.8. The maximum absolute atomic E-state index is 13.8. The molecule has 7 heteroatoms. The van der Waals surface area contributed by atoms with Crippen molar-refractivity contribution >= 4 is 8.56 Å². The van der Waals surface area contributed by atoms with Gasteiger partial charge in [0.2, 0.25) is 0 Å². The molecule has 3 nitrogen and oxygen atoms in total. The Hall–Kier alpha value is -0.893. The van der Waals surface area contributed by atoms with Crippen LogP contribution in [0.4, 0.5) is 13.2 Å². The van der Waals surface area contributed by atoms with Crippen molar-refractivity contribution in [2.24, 2.45) is 0 Å². The lowest BCUT2D eigenvalue weighted by atomic mass is 10.0. The summed E-state index contributed by atoms with van der Waals surface area (Å²) in [7, 11) is 2.38. The molecular formula is C17H25F3O3Si. The second-order valence-electron chi connectivity index (χ2n) is 6.27. The second kappa shape index (κ2) is 7.99. The molecule has 1 aliphatic heterocycles. The lowest BCUT2D eigenvalue weighted by molar-refractivity contribution is -0.0157. The topological polar surface area (TPSA) is 27.7 Å². The Kier molecular flexibility index (Phi) is 6.47. The molecule has 24 heavy (non-hydrogen) atoms. The van der Waals surface area contributed by atoms with E-state index in [4.69, 9.17) is 13.6 Å². The van der Waals surface area contributed by atoms with Gasteiger partial charge in [-0.05, 0) is 31.7 Å². The van der Waals surface area contributed by atoms with Gasteiger partial charge in [-0.25, -0.2) is 13.2 Å². The zero-order chi connectivity index (χ0) is 17.8. The van der Waals surface area contributed by atoms with Crippen molar-refractivity contribution in [1.82, 2.24) is 0 Å². The van der Waals surface area contributed by atoms with Crippen LogP contribution in [-0.4, -0.2) is 35.1 Å². The molecule has 1 heterocycles. The molecule has 0 amide bonds. The Balaban J connectivity index is 2.13. The predicted molar refractivity (Wildman–Crippen MR) is 87.4 cm³/mol. The quantitative estimate of drug-likeness (QED) is 0.678. The standard InChI is InChI=1S/C17H25F3O3Si/c1-21-17(8-4-5-10-24(17,22-2)23-3)9-6-7-14-15(19)11-13(18)12-16(14)20/h11-12H,4-10H2,1-3H3. The number of halogens is 3. The highest BCUT2D eigenvalue weighted by Crippen LogP contribution is 2.43. The Bertz CT molecular complexity index is 543. The lowest BCUT2D eigenvalue weighted by Gasteiger charge is -2.48. The molecular weight excluding hydrogens is 337 g/mol. The molecule has 0 N–H and O–H groups in total. The van der Waals surface area contributed by atoms with Gasteiger partial charge in [0, 0.05) is 39.0 Å². The van der Waals surface area contributed by atoms with Gasteiger partial charge in [-0.3, -0.25) is 0 Å². The summed E-state index contributed by atoms with van der Waals surface area (Å²) in [6, 6.07) is 2.27. The lowest BCUT2D eigenvalue weighted by Crippen LogP contribution is -2.64. The van der Waals surface area contributed by atoms with Crippen molar-refractivity contribution in [2.45, 2.75) is 49.8 Å². The van der Waals surface area contributed by atoms with Gasteiger partial charge in [0.1, 0.15) is 22.7 Å². The van der Waals surface area contributed by atoms with Crippen LogP contribution in [0.1, 0.15) is 37.7 Å². The Morgan fingerprint density at radius 2 is 1.67 bits per heavy atom. The SMILES string of the molecule is COC1(CCCc2c(F)cc(F)cc2F)CCCC[Si]1(OC)OC. The van der Waals surface area contributed by atoms with Crippen LogP contribution >= 0.6 is 0 Å². The van der Waals surface area contributed by atoms with E-state index in [-0.39, 0.29) is 12.0 Å². The molecule has 1 aromatic carbocycles. The molecule has 0 aliphatic carbocycles. The monoisotopic (exact) mass is 362 g/mol. The summed E-state index contributed by atoms with van der Waals surface area (Å²) in [5, 5.41) is -0.526. The van der Waals surface area contributed by atoms with Crippen LogP contribution in [0.25, 0.3) is 0 Å². The van der Waals surface area contributed by atoms with E-state index in [9.17, 15) is 13.2 Å². The van der Waals surface area contributed by atoms with Crippen LogP contribution in [0.5, 0.6) is 0 Å². The molecule has 2 rings (SSSR count). The van der Waals surface area contributed by atoms with Crippen LogP contribution in [0, 0.1) is 17.5 Å². The summed E-state index contributed by atoms with van der Waals surface area (Å²) in [6.45, 7) is 0. The van der Waals surface area contributed by atoms with E-state index < -0.39 is 31.2 Å². The maximum Gasteiger partial charge on any atom is 0.370 e. The number of ether oxygens (including phenoxy) is 1. The molecule has 0 radical (unpaired) electrons. The summed E-state index contributed by atoms with van der Waals surface area (Å²) in [5.41, 5.74) is -0.0828. The number of hydrogen-bond acceptors (Lipinski definition) is 3. The minimum absolute atomic E-state index is 0.0828. The van der Waals surface area contributed by atoms with Crippen molar-refractivity contribution in [3.05, 3.63) is 35.1 Å². The minimum atomic E-state index is -2.55. The van der Waals surface area contributed by atoms with Crippen molar-refractivity contribution < 1.29 is 26.8 Å². The number of hydrogen-bond donors (Lipinski definition) is 0. The summed E-state index contributed by atoms with van der Waals surface area (Å²) >= 11 is 0. The molecule has 1 aliphatic rings. The van der Waals surface area contributed by atoms with Crippen LogP contribution in [0.2, 0.25) is 6.04 Å². The van der Waals surface area contributed by atoms with Crippen LogP contribution in [0.15, 0.2) is 12.1 Å². The molecule has 0 bridgehead atoms. The third kappa shape index (κ3) is 3.54. The first-order valence-electron chi connectivity index (χ1n) is 8.22. The molecule has 1 unspecified atom stereocenters. The summed E-state index contributed by atoms with van der Waals surface area (Å²) in [5.74, 6) is -2.59. The first kappa shape index (κ1) is 19.4. The van der Waals surface area contributed by atoms with E-state index in [2.05, 4.69) is 0 Å². The Labute approximate surface area is 142 Å². The number of rotatable bonds is 7. The molecule has 0 aromatic heterocycles. The van der Waals surface area contributed by atoms with E-state index in [1.807, 2.05) is 0 Å². The normalized spacial score (nSPS) is 23.4. The fraction of sp³-hybridized carbons (Fsp3) is 0.647. The van der Waals surface area contributed by atoms with E-state index in [0.29, 0.717) is 25.0 Å². The molecule has 136 valence electrons. The van der Waals surface area contributed by atoms with Gasteiger partial charge in [-0.2, -0.15) is 0 Å². The predicted octanol–water partition coefficient (Wildman–Crippen LogP) is 4.27. The molecule has 1 atom stereocenters. The van der Waals surface area contributed by atoms with E-state index in [1.165, 1.54) is 0 Å². The largest absolute Gasteiger partial charge is 0.396 e. The molecule has 1 fully saturated rings. The van der Waals surface area contributed by atoms with Gasteiger partial charge in [-0.1, -0.05) is 12.8 Å². The van der Waals surface area contributed by atoms with Crippen molar-refractivity contribution in [3.8, 4) is 0 Å². The first-order valence-corrected chi connectivity index (χ1v) is 10.2. The third-order valence-corrected chi connectivity index (χ3v) is 9.62. The minimum Gasteiger partial charge on any atom is -0.396 e. The highest BCUT2D eigenvalue weighted by Gasteiger charge is 2.58. The third-order valence-electron chi connectivity index (χ3n) is 5.19. The fourth-order valence-corrected chi connectivity index (χ4v) is 7.80. The van der Waals surface area contributed by atoms with Gasteiger partial charge in [-0.15, -0.1) is 0 Å². The van der Waals surface area contributed by atoms with Gasteiger partial charge >= 0.3 is 8.56 Å². The highest BCUT2D eigenvalue weighted by molar-refractivity contribution is 6.70. The average molecular weight is 362 g/mol. The molecule has 0 spiro atoms. The van der Waals surface area contributed by atoms with Crippen molar-refractivity contribution in [1.29, 1.82) is 0 Å². The van der Waals surface area contributed by atoms with Gasteiger partial charge < -0.3 is 13.6 Å². The van der Waals surface area contributed by atoms with E-state index in [1.54, 1.807) is 21.3 Å². The van der Waals surface area contributed by atoms with Crippen LogP contribution < -0.4 is 0 Å². The van der Waals surface area contributed by atoms with Gasteiger partial charge in [0.15, 0.2) is 0 Å². The van der Waals surface area contributed by atoms with E-state index >= 15 is 0 Å². The summed E-state index contributed by atoms with van der Waals surface area (Å²) in [6.07, 6.45) is 4.13. The highest BCUT2D eigenvalue weighted by atomic mass is 28.4. The Morgan fingerprint density at radius 3 is 2.21 bits per heavy atom. The number of methoxy groups -OCH3 is 1. The number of benzene rings is 1. The second-order valence-corrected chi connectivity index (χ2v) is 10.0. The van der Waals surface area contributed by atoms with Crippen molar-refractivity contribution in [2.75, 3.05) is 21.3 Å². The average Bonchev–Trinajstić information content (AvgIpc) is 2.57. The van der Waals surface area contributed by atoms with Crippen LogP contribution in [-0.2, 0) is 20.0 Å².